The quantitative estimate of drug-likeness (QED) is 0.567. The van der Waals surface area contributed by atoms with Crippen LogP contribution in [0.4, 0.5) is 0 Å². The number of fused-ring (bicyclic) bond motifs is 1. The third-order valence-electron chi connectivity index (χ3n) is 4.50. The fraction of sp³-hybridized carbons (Fsp3) is 0.409. The Bertz CT molecular complexity index is 891. The Morgan fingerprint density at radius 2 is 1.52 bits per heavy atom. The predicted molar refractivity (Wildman–Crippen MR) is 103 cm³/mol. The SMILES string of the molecule is COc1ccc(-c2nc3cc(C(C)(C)C)cc(C(C)(C)C)c3o2)cc1. The van der Waals surface area contributed by atoms with Crippen molar-refractivity contribution >= 4 is 11.1 Å². The number of oxazole rings is 1. The second kappa shape index (κ2) is 5.91. The van der Waals surface area contributed by atoms with Gasteiger partial charge < -0.3 is 9.15 Å². The van der Waals surface area contributed by atoms with Crippen LogP contribution in [0.15, 0.2) is 40.8 Å². The Labute approximate surface area is 150 Å². The zero-order valence-corrected chi connectivity index (χ0v) is 16.2. The van der Waals surface area contributed by atoms with Crippen molar-refractivity contribution < 1.29 is 9.15 Å². The maximum Gasteiger partial charge on any atom is 0.227 e. The summed E-state index contributed by atoms with van der Waals surface area (Å²) < 4.78 is 11.4. The lowest BCUT2D eigenvalue weighted by Crippen LogP contribution is -2.16. The van der Waals surface area contributed by atoms with Crippen molar-refractivity contribution in [3.05, 3.63) is 47.5 Å². The van der Waals surface area contributed by atoms with Crippen molar-refractivity contribution in [1.82, 2.24) is 4.98 Å². The van der Waals surface area contributed by atoms with Crippen molar-refractivity contribution in [2.45, 2.75) is 52.4 Å². The second-order valence-corrected chi connectivity index (χ2v) is 8.62. The Morgan fingerprint density at radius 3 is 2.04 bits per heavy atom. The monoisotopic (exact) mass is 337 g/mol. The van der Waals surface area contributed by atoms with Crippen LogP contribution in [0.3, 0.4) is 0 Å². The van der Waals surface area contributed by atoms with E-state index in [1.54, 1.807) is 7.11 Å². The van der Waals surface area contributed by atoms with Gasteiger partial charge in [0.2, 0.25) is 5.89 Å². The van der Waals surface area contributed by atoms with E-state index in [4.69, 9.17) is 14.1 Å². The van der Waals surface area contributed by atoms with Crippen molar-refractivity contribution in [1.29, 1.82) is 0 Å². The largest absolute Gasteiger partial charge is 0.497 e. The van der Waals surface area contributed by atoms with E-state index in [2.05, 4.69) is 53.7 Å². The molecule has 0 aliphatic heterocycles. The van der Waals surface area contributed by atoms with Crippen LogP contribution in [0.1, 0.15) is 52.7 Å². The molecule has 3 heteroatoms. The summed E-state index contributed by atoms with van der Waals surface area (Å²) in [5.74, 6) is 1.47. The Hall–Kier alpha value is -2.29. The number of benzene rings is 2. The van der Waals surface area contributed by atoms with Crippen LogP contribution in [0.2, 0.25) is 0 Å². The molecule has 2 aromatic carbocycles. The minimum Gasteiger partial charge on any atom is -0.497 e. The van der Waals surface area contributed by atoms with Gasteiger partial charge in [-0.3, -0.25) is 0 Å². The molecule has 0 aliphatic rings. The van der Waals surface area contributed by atoms with E-state index in [0.717, 1.165) is 22.4 Å². The molecule has 0 aliphatic carbocycles. The van der Waals surface area contributed by atoms with Gasteiger partial charge in [-0.15, -0.1) is 0 Å². The maximum absolute atomic E-state index is 6.20. The molecule has 0 saturated carbocycles. The highest BCUT2D eigenvalue weighted by Gasteiger charge is 2.25. The van der Waals surface area contributed by atoms with Gasteiger partial charge in [0.15, 0.2) is 5.58 Å². The molecule has 3 nitrogen and oxygen atoms in total. The van der Waals surface area contributed by atoms with Crippen molar-refractivity contribution in [2.24, 2.45) is 0 Å². The summed E-state index contributed by atoms with van der Waals surface area (Å²) in [6, 6.07) is 12.2. The smallest absolute Gasteiger partial charge is 0.227 e. The van der Waals surface area contributed by atoms with E-state index < -0.39 is 0 Å². The van der Waals surface area contributed by atoms with Crippen molar-refractivity contribution in [2.75, 3.05) is 7.11 Å². The molecule has 132 valence electrons. The number of hydrogen-bond donors (Lipinski definition) is 0. The van der Waals surface area contributed by atoms with Gasteiger partial charge >= 0.3 is 0 Å². The molecule has 0 unspecified atom stereocenters. The van der Waals surface area contributed by atoms with Gasteiger partial charge in [0, 0.05) is 11.1 Å². The highest BCUT2D eigenvalue weighted by Crippen LogP contribution is 2.37. The van der Waals surface area contributed by atoms with Gasteiger partial charge in [0.25, 0.3) is 0 Å². The maximum atomic E-state index is 6.20. The number of aromatic nitrogens is 1. The zero-order valence-electron chi connectivity index (χ0n) is 16.2. The first-order valence-electron chi connectivity index (χ1n) is 8.69. The average Bonchev–Trinajstić information content (AvgIpc) is 2.96. The van der Waals surface area contributed by atoms with Crippen LogP contribution in [-0.2, 0) is 10.8 Å². The molecule has 0 radical (unpaired) electrons. The third-order valence-corrected chi connectivity index (χ3v) is 4.50. The minimum atomic E-state index is -0.0176. The molecule has 1 heterocycles. The van der Waals surface area contributed by atoms with Crippen molar-refractivity contribution in [3.8, 4) is 17.2 Å². The lowest BCUT2D eigenvalue weighted by Gasteiger charge is -2.24. The second-order valence-electron chi connectivity index (χ2n) is 8.62. The Kier molecular flexibility index (Phi) is 4.14. The molecule has 1 aromatic heterocycles. The molecule has 0 bridgehead atoms. The first-order valence-corrected chi connectivity index (χ1v) is 8.69. The van der Waals surface area contributed by atoms with Crippen LogP contribution >= 0.6 is 0 Å². The van der Waals surface area contributed by atoms with Gasteiger partial charge in [0.1, 0.15) is 11.3 Å². The molecular formula is C22H27NO2. The zero-order chi connectivity index (χ0) is 18.4. The molecule has 0 saturated heterocycles. The average molecular weight is 337 g/mol. The van der Waals surface area contributed by atoms with Gasteiger partial charge in [-0.1, -0.05) is 47.6 Å². The Balaban J connectivity index is 2.21. The standard InChI is InChI=1S/C22H27NO2/c1-21(2,3)15-12-17(22(4,5)6)19-18(13-15)23-20(25-19)14-8-10-16(24-7)11-9-14/h8-13H,1-7H3. The van der Waals surface area contributed by atoms with Crippen LogP contribution in [0.5, 0.6) is 5.75 Å². The van der Waals surface area contributed by atoms with E-state index in [-0.39, 0.29) is 10.8 Å². The fourth-order valence-electron chi connectivity index (χ4n) is 2.88. The van der Waals surface area contributed by atoms with E-state index in [1.165, 1.54) is 11.1 Å². The van der Waals surface area contributed by atoms with E-state index >= 15 is 0 Å². The van der Waals surface area contributed by atoms with E-state index in [9.17, 15) is 0 Å². The van der Waals surface area contributed by atoms with Crippen molar-refractivity contribution in [3.63, 3.8) is 0 Å². The lowest BCUT2D eigenvalue weighted by atomic mass is 9.80. The summed E-state index contributed by atoms with van der Waals surface area (Å²) in [5.41, 5.74) is 5.27. The van der Waals surface area contributed by atoms with Gasteiger partial charge in [-0.2, -0.15) is 0 Å². The van der Waals surface area contributed by atoms with Gasteiger partial charge in [-0.25, -0.2) is 4.98 Å². The number of hydrogen-bond acceptors (Lipinski definition) is 3. The van der Waals surface area contributed by atoms with Crippen LogP contribution in [-0.4, -0.2) is 12.1 Å². The minimum absolute atomic E-state index is 0.0176. The fourth-order valence-corrected chi connectivity index (χ4v) is 2.88. The summed E-state index contributed by atoms with van der Waals surface area (Å²) in [5, 5.41) is 0. The highest BCUT2D eigenvalue weighted by molar-refractivity contribution is 5.81. The van der Waals surface area contributed by atoms with Gasteiger partial charge in [-0.05, 0) is 46.7 Å². The normalized spacial score (nSPS) is 12.6. The molecule has 0 spiro atoms. The van der Waals surface area contributed by atoms with Crippen LogP contribution in [0, 0.1) is 0 Å². The van der Waals surface area contributed by atoms with E-state index in [1.807, 2.05) is 24.3 Å². The molecule has 0 atom stereocenters. The summed E-state index contributed by atoms with van der Waals surface area (Å²) in [6.45, 7) is 13.3. The molecular weight excluding hydrogens is 310 g/mol. The molecule has 3 rings (SSSR count). The Morgan fingerprint density at radius 1 is 0.880 bits per heavy atom. The molecule has 0 fully saturated rings. The number of methoxy groups -OCH3 is 1. The van der Waals surface area contributed by atoms with Gasteiger partial charge in [0.05, 0.1) is 7.11 Å². The highest BCUT2D eigenvalue weighted by atomic mass is 16.5. The summed E-state index contributed by atoms with van der Waals surface area (Å²) in [6.07, 6.45) is 0. The summed E-state index contributed by atoms with van der Waals surface area (Å²) >= 11 is 0. The van der Waals surface area contributed by atoms with Crippen LogP contribution in [0.25, 0.3) is 22.6 Å². The van der Waals surface area contributed by atoms with E-state index in [0.29, 0.717) is 5.89 Å². The van der Waals surface area contributed by atoms with Crippen LogP contribution < -0.4 is 4.74 Å². The topological polar surface area (TPSA) is 35.3 Å². The predicted octanol–water partition coefficient (Wildman–Crippen LogP) is 6.10. The first kappa shape index (κ1) is 17.5. The molecule has 3 aromatic rings. The number of ether oxygens (including phenoxy) is 1. The molecule has 0 N–H and O–H groups in total. The lowest BCUT2D eigenvalue weighted by molar-refractivity contribution is 0.415. The molecule has 25 heavy (non-hydrogen) atoms. The number of nitrogens with zero attached hydrogens (tertiary/aromatic N) is 1. The molecule has 0 amide bonds. The first-order chi connectivity index (χ1) is 11.6. The summed E-state index contributed by atoms with van der Waals surface area (Å²) in [7, 11) is 1.66. The third kappa shape index (κ3) is 3.41. The summed E-state index contributed by atoms with van der Waals surface area (Å²) in [4.78, 5) is 4.78. The number of rotatable bonds is 2.